The number of rotatable bonds is 5. The molecule has 0 spiro atoms. The molecule has 1 heterocycles. The van der Waals surface area contributed by atoms with Crippen molar-refractivity contribution < 1.29 is 14.7 Å². The van der Waals surface area contributed by atoms with E-state index in [0.717, 1.165) is 38.8 Å². The number of amides is 1. The van der Waals surface area contributed by atoms with Gasteiger partial charge in [0, 0.05) is 19.1 Å². The molecular formula is C12H20N2O3. The number of carboxylic acid groups (broad SMARTS) is 1. The first-order valence-corrected chi connectivity index (χ1v) is 6.36. The second-order valence-corrected chi connectivity index (χ2v) is 5.01. The Labute approximate surface area is 101 Å². The number of aliphatic carboxylic acids is 1. The number of carbonyl (C=O) groups is 2. The van der Waals surface area contributed by atoms with Crippen LogP contribution in [0.5, 0.6) is 0 Å². The summed E-state index contributed by atoms with van der Waals surface area (Å²) in [6.07, 6.45) is 4.18. The molecule has 1 aliphatic carbocycles. The van der Waals surface area contributed by atoms with Gasteiger partial charge in [0.05, 0.1) is 12.6 Å². The average molecular weight is 240 g/mol. The maximum atomic E-state index is 12.2. The van der Waals surface area contributed by atoms with Crippen molar-refractivity contribution in [1.29, 1.82) is 0 Å². The number of hydrogen-bond donors (Lipinski definition) is 1. The van der Waals surface area contributed by atoms with Crippen LogP contribution in [-0.2, 0) is 9.59 Å². The van der Waals surface area contributed by atoms with Crippen LogP contribution in [-0.4, -0.2) is 58.5 Å². The lowest BCUT2D eigenvalue weighted by Gasteiger charge is -2.29. The molecule has 17 heavy (non-hydrogen) atoms. The van der Waals surface area contributed by atoms with Gasteiger partial charge in [-0.15, -0.1) is 0 Å². The van der Waals surface area contributed by atoms with Gasteiger partial charge in [-0.25, -0.2) is 0 Å². The summed E-state index contributed by atoms with van der Waals surface area (Å²) >= 11 is 0. The molecule has 1 saturated heterocycles. The van der Waals surface area contributed by atoms with Crippen LogP contribution in [0.2, 0.25) is 0 Å². The van der Waals surface area contributed by atoms with E-state index in [1.54, 1.807) is 0 Å². The molecule has 1 aliphatic heterocycles. The van der Waals surface area contributed by atoms with Gasteiger partial charge < -0.3 is 10.0 Å². The fraction of sp³-hybridized carbons (Fsp3) is 0.833. The molecule has 1 unspecified atom stereocenters. The lowest BCUT2D eigenvalue weighted by atomic mass is 10.2. The molecule has 0 aromatic carbocycles. The predicted octanol–water partition coefficient (Wildman–Crippen LogP) is 0.546. The van der Waals surface area contributed by atoms with E-state index in [4.69, 9.17) is 5.11 Å². The summed E-state index contributed by atoms with van der Waals surface area (Å²) < 4.78 is 0. The second kappa shape index (κ2) is 5.04. The molecular weight excluding hydrogens is 220 g/mol. The molecule has 5 heteroatoms. The molecule has 1 amide bonds. The van der Waals surface area contributed by atoms with Crippen LogP contribution in [0.4, 0.5) is 0 Å². The Kier molecular flexibility index (Phi) is 3.66. The summed E-state index contributed by atoms with van der Waals surface area (Å²) in [6.45, 7) is 3.47. The Morgan fingerprint density at radius 2 is 1.94 bits per heavy atom. The van der Waals surface area contributed by atoms with Gasteiger partial charge in [0.25, 0.3) is 0 Å². The van der Waals surface area contributed by atoms with E-state index in [9.17, 15) is 9.59 Å². The van der Waals surface area contributed by atoms with Crippen LogP contribution >= 0.6 is 0 Å². The van der Waals surface area contributed by atoms with Crippen LogP contribution in [0.3, 0.4) is 0 Å². The molecule has 2 aliphatic rings. The van der Waals surface area contributed by atoms with Crippen molar-refractivity contribution in [3.05, 3.63) is 0 Å². The first kappa shape index (κ1) is 12.4. The number of hydrogen-bond acceptors (Lipinski definition) is 3. The highest BCUT2D eigenvalue weighted by molar-refractivity contribution is 5.82. The second-order valence-electron chi connectivity index (χ2n) is 5.01. The van der Waals surface area contributed by atoms with Gasteiger partial charge in [0.2, 0.25) is 5.91 Å². The molecule has 0 aromatic rings. The Morgan fingerprint density at radius 1 is 1.35 bits per heavy atom. The fourth-order valence-corrected chi connectivity index (χ4v) is 2.49. The molecule has 1 N–H and O–H groups in total. The van der Waals surface area contributed by atoms with Crippen LogP contribution in [0.1, 0.15) is 32.6 Å². The average Bonchev–Trinajstić information content (AvgIpc) is 2.98. The van der Waals surface area contributed by atoms with E-state index in [1.165, 1.54) is 0 Å². The lowest BCUT2D eigenvalue weighted by Crippen LogP contribution is -2.48. The Hall–Kier alpha value is -1.10. The van der Waals surface area contributed by atoms with Gasteiger partial charge in [0.15, 0.2) is 0 Å². The minimum atomic E-state index is -0.849. The van der Waals surface area contributed by atoms with Crippen LogP contribution in [0.15, 0.2) is 0 Å². The third kappa shape index (κ3) is 2.97. The fourth-order valence-electron chi connectivity index (χ4n) is 2.49. The van der Waals surface area contributed by atoms with Crippen LogP contribution in [0.25, 0.3) is 0 Å². The van der Waals surface area contributed by atoms with Gasteiger partial charge >= 0.3 is 5.97 Å². The summed E-state index contributed by atoms with van der Waals surface area (Å²) in [4.78, 5) is 26.7. The lowest BCUT2D eigenvalue weighted by molar-refractivity contribution is -0.142. The van der Waals surface area contributed by atoms with Crippen molar-refractivity contribution in [1.82, 2.24) is 9.80 Å². The van der Waals surface area contributed by atoms with Gasteiger partial charge in [-0.05, 0) is 32.6 Å². The SMILES string of the molecule is CC(C(=O)N1CCCC1)N(CC(=O)O)C1CC1. The molecule has 0 aromatic heterocycles. The monoisotopic (exact) mass is 240 g/mol. The largest absolute Gasteiger partial charge is 0.480 e. The molecule has 2 fully saturated rings. The zero-order valence-electron chi connectivity index (χ0n) is 10.3. The zero-order valence-corrected chi connectivity index (χ0v) is 10.3. The third-order valence-corrected chi connectivity index (χ3v) is 3.61. The first-order chi connectivity index (χ1) is 8.09. The standard InChI is InChI=1S/C12H20N2O3/c1-9(12(17)13-6-2-3-7-13)14(8-11(15)16)10-4-5-10/h9-10H,2-8H2,1H3,(H,15,16). The minimum absolute atomic E-state index is 0.0224. The van der Waals surface area contributed by atoms with Gasteiger partial charge in [0.1, 0.15) is 0 Å². The van der Waals surface area contributed by atoms with E-state index in [-0.39, 0.29) is 18.5 Å². The molecule has 2 rings (SSSR count). The Balaban J connectivity index is 1.96. The molecule has 5 nitrogen and oxygen atoms in total. The zero-order chi connectivity index (χ0) is 12.4. The van der Waals surface area contributed by atoms with Crippen molar-refractivity contribution in [2.24, 2.45) is 0 Å². The van der Waals surface area contributed by atoms with E-state index in [2.05, 4.69) is 0 Å². The first-order valence-electron chi connectivity index (χ1n) is 6.36. The van der Waals surface area contributed by atoms with Gasteiger partial charge in [-0.1, -0.05) is 0 Å². The van der Waals surface area contributed by atoms with Crippen LogP contribution in [0, 0.1) is 0 Å². The number of likely N-dealkylation sites (tertiary alicyclic amines) is 1. The van der Waals surface area contributed by atoms with Crippen molar-refractivity contribution in [2.75, 3.05) is 19.6 Å². The number of carboxylic acids is 1. The normalized spacial score (nSPS) is 21.9. The van der Waals surface area contributed by atoms with E-state index in [1.807, 2.05) is 16.7 Å². The molecule has 0 radical (unpaired) electrons. The number of carbonyl (C=O) groups excluding carboxylic acids is 1. The summed E-state index contributed by atoms with van der Waals surface area (Å²) in [5, 5.41) is 8.89. The molecule has 1 atom stereocenters. The Morgan fingerprint density at radius 3 is 2.41 bits per heavy atom. The van der Waals surface area contributed by atoms with Crippen molar-refractivity contribution in [3.8, 4) is 0 Å². The number of nitrogens with zero attached hydrogens (tertiary/aromatic N) is 2. The molecule has 96 valence electrons. The maximum absolute atomic E-state index is 12.2. The van der Waals surface area contributed by atoms with Gasteiger partial charge in [-0.3, -0.25) is 14.5 Å². The topological polar surface area (TPSA) is 60.9 Å². The summed E-state index contributed by atoms with van der Waals surface area (Å²) in [7, 11) is 0. The third-order valence-electron chi connectivity index (χ3n) is 3.61. The highest BCUT2D eigenvalue weighted by Crippen LogP contribution is 2.29. The quantitative estimate of drug-likeness (QED) is 0.762. The predicted molar refractivity (Wildman–Crippen MR) is 62.6 cm³/mol. The van der Waals surface area contributed by atoms with E-state index < -0.39 is 5.97 Å². The minimum Gasteiger partial charge on any atom is -0.480 e. The highest BCUT2D eigenvalue weighted by atomic mass is 16.4. The molecule has 1 saturated carbocycles. The summed E-state index contributed by atoms with van der Waals surface area (Å²) in [6, 6.07) is 0.00403. The van der Waals surface area contributed by atoms with E-state index >= 15 is 0 Å². The smallest absolute Gasteiger partial charge is 0.317 e. The summed E-state index contributed by atoms with van der Waals surface area (Å²) in [5.41, 5.74) is 0. The van der Waals surface area contributed by atoms with Gasteiger partial charge in [-0.2, -0.15) is 0 Å². The van der Waals surface area contributed by atoms with Crippen molar-refractivity contribution in [2.45, 2.75) is 44.7 Å². The highest BCUT2D eigenvalue weighted by Gasteiger charge is 2.37. The van der Waals surface area contributed by atoms with Crippen molar-refractivity contribution in [3.63, 3.8) is 0 Å². The maximum Gasteiger partial charge on any atom is 0.317 e. The molecule has 0 bridgehead atoms. The van der Waals surface area contributed by atoms with Crippen molar-refractivity contribution >= 4 is 11.9 Å². The Bertz CT molecular complexity index is 309. The summed E-state index contributed by atoms with van der Waals surface area (Å²) in [5.74, 6) is -0.756. The van der Waals surface area contributed by atoms with Crippen LogP contribution < -0.4 is 0 Å². The van der Waals surface area contributed by atoms with E-state index in [0.29, 0.717) is 6.04 Å².